The summed E-state index contributed by atoms with van der Waals surface area (Å²) in [4.78, 5) is 27.0. The van der Waals surface area contributed by atoms with Gasteiger partial charge in [0.05, 0.1) is 24.4 Å². The SMILES string of the molecule is CN=CC1CCN(c2nc3cc(C4CCCCN4C(=O)c4ccccc4OC)nn3cc2C)C1. The van der Waals surface area contributed by atoms with Crippen LogP contribution < -0.4 is 9.64 Å². The van der Waals surface area contributed by atoms with Crippen molar-refractivity contribution in [2.24, 2.45) is 10.9 Å². The Hall–Kier alpha value is -3.42. The number of carbonyl (C=O) groups is 1. The largest absolute Gasteiger partial charge is 0.496 e. The highest BCUT2D eigenvalue weighted by molar-refractivity contribution is 5.97. The second kappa shape index (κ2) is 9.44. The van der Waals surface area contributed by atoms with E-state index < -0.39 is 0 Å². The molecular weight excluding hydrogens is 428 g/mol. The number of anilines is 1. The fourth-order valence-corrected chi connectivity index (χ4v) is 5.27. The third-order valence-electron chi connectivity index (χ3n) is 6.95. The van der Waals surface area contributed by atoms with E-state index in [0.717, 1.165) is 61.5 Å². The number of fused-ring (bicyclic) bond motifs is 1. The Bertz CT molecular complexity index is 1220. The summed E-state index contributed by atoms with van der Waals surface area (Å²) in [6.45, 7) is 4.71. The first kappa shape index (κ1) is 22.4. The number of para-hydroxylation sites is 1. The first-order valence-corrected chi connectivity index (χ1v) is 12.1. The zero-order valence-corrected chi connectivity index (χ0v) is 20.1. The molecular formula is C26H32N6O2. The van der Waals surface area contributed by atoms with Gasteiger partial charge in [-0.25, -0.2) is 9.50 Å². The lowest BCUT2D eigenvalue weighted by Crippen LogP contribution is -2.38. The fraction of sp³-hybridized carbons (Fsp3) is 0.462. The second-order valence-electron chi connectivity index (χ2n) is 9.23. The van der Waals surface area contributed by atoms with Crippen LogP contribution in [-0.2, 0) is 0 Å². The van der Waals surface area contributed by atoms with E-state index in [1.807, 2.05) is 53.0 Å². The van der Waals surface area contributed by atoms with Crippen LogP contribution in [0.25, 0.3) is 5.65 Å². The lowest BCUT2D eigenvalue weighted by Gasteiger charge is -2.35. The Labute approximate surface area is 200 Å². The van der Waals surface area contributed by atoms with Crippen molar-refractivity contribution in [3.63, 3.8) is 0 Å². The van der Waals surface area contributed by atoms with Gasteiger partial charge in [-0.1, -0.05) is 12.1 Å². The van der Waals surface area contributed by atoms with Crippen molar-refractivity contribution in [3.05, 3.63) is 53.3 Å². The number of aromatic nitrogens is 3. The average Bonchev–Trinajstić information content (AvgIpc) is 3.50. The molecule has 8 nitrogen and oxygen atoms in total. The normalized spacial score (nSPS) is 21.0. The average molecular weight is 461 g/mol. The monoisotopic (exact) mass is 460 g/mol. The lowest BCUT2D eigenvalue weighted by molar-refractivity contribution is 0.0602. The molecule has 5 rings (SSSR count). The summed E-state index contributed by atoms with van der Waals surface area (Å²) >= 11 is 0. The Morgan fingerprint density at radius 1 is 1.21 bits per heavy atom. The van der Waals surface area contributed by atoms with Gasteiger partial charge in [-0.15, -0.1) is 0 Å². The van der Waals surface area contributed by atoms with Crippen molar-refractivity contribution in [2.75, 3.05) is 38.7 Å². The Morgan fingerprint density at radius 3 is 2.88 bits per heavy atom. The molecule has 2 aliphatic heterocycles. The highest BCUT2D eigenvalue weighted by Crippen LogP contribution is 2.34. The molecule has 0 aliphatic carbocycles. The number of ether oxygens (including phenoxy) is 1. The van der Waals surface area contributed by atoms with Crippen molar-refractivity contribution < 1.29 is 9.53 Å². The first-order valence-electron chi connectivity index (χ1n) is 12.1. The third-order valence-corrected chi connectivity index (χ3v) is 6.95. The maximum Gasteiger partial charge on any atom is 0.258 e. The van der Waals surface area contributed by atoms with Gasteiger partial charge in [-0.3, -0.25) is 4.79 Å². The van der Waals surface area contributed by atoms with Gasteiger partial charge in [0.25, 0.3) is 5.91 Å². The first-order chi connectivity index (χ1) is 16.6. The van der Waals surface area contributed by atoms with E-state index in [0.29, 0.717) is 23.8 Å². The van der Waals surface area contributed by atoms with Gasteiger partial charge in [-0.2, -0.15) is 5.10 Å². The minimum atomic E-state index is -0.0754. The van der Waals surface area contributed by atoms with Gasteiger partial charge in [0.2, 0.25) is 0 Å². The standard InChI is InChI=1S/C26H32N6O2/c1-18-16-32-24(28-25(18)30-13-11-19(17-30)15-27-2)14-21(29-32)22-9-6-7-12-31(22)26(33)20-8-4-5-10-23(20)34-3/h4-5,8,10,14-16,19,22H,6-7,9,11-13,17H2,1-3H3. The van der Waals surface area contributed by atoms with Gasteiger partial charge >= 0.3 is 0 Å². The molecule has 0 radical (unpaired) electrons. The van der Waals surface area contributed by atoms with Crippen LogP contribution >= 0.6 is 0 Å². The van der Waals surface area contributed by atoms with Crippen molar-refractivity contribution >= 4 is 23.6 Å². The van der Waals surface area contributed by atoms with Crippen LogP contribution in [0, 0.1) is 12.8 Å². The van der Waals surface area contributed by atoms with E-state index in [1.165, 1.54) is 0 Å². The number of aryl methyl sites for hydroxylation is 1. The molecule has 0 N–H and O–H groups in total. The molecule has 34 heavy (non-hydrogen) atoms. The molecule has 178 valence electrons. The van der Waals surface area contributed by atoms with E-state index in [9.17, 15) is 4.79 Å². The summed E-state index contributed by atoms with van der Waals surface area (Å²) in [5.74, 6) is 2.08. The number of piperidine rings is 1. The van der Waals surface area contributed by atoms with E-state index in [1.54, 1.807) is 7.11 Å². The van der Waals surface area contributed by atoms with Gasteiger partial charge in [-0.05, 0) is 44.7 Å². The molecule has 1 amide bonds. The lowest BCUT2D eigenvalue weighted by atomic mass is 9.98. The van der Waals surface area contributed by atoms with E-state index >= 15 is 0 Å². The summed E-state index contributed by atoms with van der Waals surface area (Å²) in [6.07, 6.45) is 8.14. The van der Waals surface area contributed by atoms with Crippen molar-refractivity contribution in [1.82, 2.24) is 19.5 Å². The number of rotatable bonds is 5. The number of methoxy groups -OCH3 is 1. The minimum absolute atomic E-state index is 0.00951. The number of amides is 1. The predicted octanol–water partition coefficient (Wildman–Crippen LogP) is 3.94. The van der Waals surface area contributed by atoms with Crippen LogP contribution in [0.2, 0.25) is 0 Å². The quantitative estimate of drug-likeness (QED) is 0.539. The molecule has 4 heterocycles. The molecule has 2 unspecified atom stereocenters. The molecule has 8 heteroatoms. The summed E-state index contributed by atoms with van der Waals surface area (Å²) in [6, 6.07) is 9.40. The van der Waals surface area contributed by atoms with Crippen molar-refractivity contribution in [3.8, 4) is 5.75 Å². The molecule has 2 atom stereocenters. The highest BCUT2D eigenvalue weighted by atomic mass is 16.5. The minimum Gasteiger partial charge on any atom is -0.496 e. The second-order valence-corrected chi connectivity index (χ2v) is 9.23. The summed E-state index contributed by atoms with van der Waals surface area (Å²) in [5.41, 5.74) is 3.40. The number of hydrogen-bond acceptors (Lipinski definition) is 6. The number of carbonyl (C=O) groups excluding carboxylic acids is 1. The third kappa shape index (κ3) is 4.13. The van der Waals surface area contributed by atoms with E-state index in [4.69, 9.17) is 14.8 Å². The Morgan fingerprint density at radius 2 is 2.06 bits per heavy atom. The van der Waals surface area contributed by atoms with Crippen molar-refractivity contribution in [2.45, 2.75) is 38.6 Å². The fourth-order valence-electron chi connectivity index (χ4n) is 5.27. The van der Waals surface area contributed by atoms with Crippen LogP contribution in [0.15, 0.2) is 41.5 Å². The van der Waals surface area contributed by atoms with Crippen LogP contribution in [-0.4, -0.2) is 65.4 Å². The Kier molecular flexibility index (Phi) is 6.22. The number of likely N-dealkylation sites (tertiary alicyclic amines) is 1. The zero-order valence-electron chi connectivity index (χ0n) is 20.1. The molecule has 3 aromatic rings. The summed E-state index contributed by atoms with van der Waals surface area (Å²) < 4.78 is 7.31. The molecule has 0 saturated carbocycles. The van der Waals surface area contributed by atoms with Crippen LogP contribution in [0.1, 0.15) is 53.3 Å². The van der Waals surface area contributed by atoms with E-state index in [-0.39, 0.29) is 11.9 Å². The molecule has 0 spiro atoms. The number of nitrogens with zero attached hydrogens (tertiary/aromatic N) is 6. The molecule has 2 aliphatic rings. The maximum absolute atomic E-state index is 13.5. The summed E-state index contributed by atoms with van der Waals surface area (Å²) in [7, 11) is 3.43. The molecule has 2 fully saturated rings. The van der Waals surface area contributed by atoms with Crippen LogP contribution in [0.5, 0.6) is 5.75 Å². The van der Waals surface area contributed by atoms with E-state index in [2.05, 4.69) is 23.0 Å². The van der Waals surface area contributed by atoms with Gasteiger partial charge in [0.1, 0.15) is 11.6 Å². The van der Waals surface area contributed by atoms with Gasteiger partial charge in [0, 0.05) is 56.6 Å². The Balaban J connectivity index is 1.45. The maximum atomic E-state index is 13.5. The number of hydrogen-bond donors (Lipinski definition) is 0. The van der Waals surface area contributed by atoms with Crippen LogP contribution in [0.4, 0.5) is 5.82 Å². The van der Waals surface area contributed by atoms with Gasteiger partial charge in [0.15, 0.2) is 5.65 Å². The van der Waals surface area contributed by atoms with Gasteiger partial charge < -0.3 is 19.5 Å². The molecule has 2 aromatic heterocycles. The topological polar surface area (TPSA) is 75.3 Å². The highest BCUT2D eigenvalue weighted by Gasteiger charge is 2.32. The van der Waals surface area contributed by atoms with Crippen molar-refractivity contribution in [1.29, 1.82) is 0 Å². The number of benzene rings is 1. The zero-order chi connectivity index (χ0) is 23.7. The van der Waals surface area contributed by atoms with Crippen LogP contribution in [0.3, 0.4) is 0 Å². The smallest absolute Gasteiger partial charge is 0.258 e. The molecule has 0 bridgehead atoms. The molecule has 1 aromatic carbocycles. The molecule has 2 saturated heterocycles. The number of aliphatic imine (C=N–C) groups is 1. The predicted molar refractivity (Wildman–Crippen MR) is 133 cm³/mol. The summed E-state index contributed by atoms with van der Waals surface area (Å²) in [5, 5.41) is 4.87.